The Morgan fingerprint density at radius 2 is 2.14 bits per heavy atom. The summed E-state index contributed by atoms with van der Waals surface area (Å²) in [5.74, 6) is 0.757. The van der Waals surface area contributed by atoms with Crippen molar-refractivity contribution in [3.63, 3.8) is 0 Å². The van der Waals surface area contributed by atoms with E-state index in [-0.39, 0.29) is 6.61 Å². The molecule has 118 valence electrons. The Kier molecular flexibility index (Phi) is 7.50. The molecule has 0 spiro atoms. The van der Waals surface area contributed by atoms with Gasteiger partial charge in [0.2, 0.25) is 0 Å². The van der Waals surface area contributed by atoms with Crippen molar-refractivity contribution in [2.45, 2.75) is 37.9 Å². The quantitative estimate of drug-likeness (QED) is 0.667. The van der Waals surface area contributed by atoms with Gasteiger partial charge in [-0.05, 0) is 31.0 Å². The summed E-state index contributed by atoms with van der Waals surface area (Å²) in [6.07, 6.45) is 4.92. The van der Waals surface area contributed by atoms with E-state index >= 15 is 0 Å². The van der Waals surface area contributed by atoms with Crippen LogP contribution >= 0.6 is 15.9 Å². The van der Waals surface area contributed by atoms with Crippen molar-refractivity contribution < 1.29 is 14.6 Å². The third-order valence-electron chi connectivity index (χ3n) is 3.55. The number of benzene rings is 1. The average molecular weight is 358 g/mol. The van der Waals surface area contributed by atoms with Crippen LogP contribution in [0.3, 0.4) is 0 Å². The molecule has 2 rings (SSSR count). The highest BCUT2D eigenvalue weighted by molar-refractivity contribution is 9.10. The minimum Gasteiger partial charge on any atom is -0.491 e. The molecule has 1 aliphatic rings. The summed E-state index contributed by atoms with van der Waals surface area (Å²) >= 11 is 3.39. The van der Waals surface area contributed by atoms with Gasteiger partial charge in [0.1, 0.15) is 18.5 Å². The maximum Gasteiger partial charge on any atom is 0.120 e. The molecule has 5 heteroatoms. The van der Waals surface area contributed by atoms with E-state index in [9.17, 15) is 5.11 Å². The minimum atomic E-state index is -0.518. The van der Waals surface area contributed by atoms with Crippen molar-refractivity contribution >= 4 is 15.9 Å². The molecule has 1 aromatic carbocycles. The Morgan fingerprint density at radius 3 is 2.90 bits per heavy atom. The number of aliphatic hydroxyl groups excluding tert-OH is 1. The van der Waals surface area contributed by atoms with E-state index < -0.39 is 6.10 Å². The Bertz CT molecular complexity index is 410. The lowest BCUT2D eigenvalue weighted by Crippen LogP contribution is -2.33. The van der Waals surface area contributed by atoms with Gasteiger partial charge in [0.05, 0.1) is 12.7 Å². The summed E-state index contributed by atoms with van der Waals surface area (Å²) in [6, 6.07) is 7.61. The first kappa shape index (κ1) is 16.7. The molecule has 1 saturated carbocycles. The molecule has 1 atom stereocenters. The zero-order valence-corrected chi connectivity index (χ0v) is 13.8. The maximum atomic E-state index is 9.85. The number of hydrogen-bond donors (Lipinski definition) is 2. The van der Waals surface area contributed by atoms with Crippen LogP contribution in [0.15, 0.2) is 28.7 Å². The van der Waals surface area contributed by atoms with Crippen LogP contribution < -0.4 is 10.1 Å². The van der Waals surface area contributed by atoms with E-state index in [1.807, 2.05) is 24.3 Å². The predicted octanol–water partition coefficient (Wildman–Crippen LogP) is 2.74. The highest BCUT2D eigenvalue weighted by Crippen LogP contribution is 2.20. The van der Waals surface area contributed by atoms with Crippen molar-refractivity contribution in [3.05, 3.63) is 28.7 Å². The van der Waals surface area contributed by atoms with Crippen LogP contribution in [-0.4, -0.2) is 43.6 Å². The molecule has 1 aliphatic carbocycles. The van der Waals surface area contributed by atoms with Gasteiger partial charge in [0, 0.05) is 17.6 Å². The number of ether oxygens (including phenoxy) is 2. The Labute approximate surface area is 135 Å². The van der Waals surface area contributed by atoms with E-state index in [1.54, 1.807) is 0 Å². The molecule has 2 N–H and O–H groups in total. The van der Waals surface area contributed by atoms with Crippen LogP contribution in [0.1, 0.15) is 25.7 Å². The monoisotopic (exact) mass is 357 g/mol. The Balaban J connectivity index is 1.50. The summed E-state index contributed by atoms with van der Waals surface area (Å²) in [7, 11) is 0. The molecular weight excluding hydrogens is 334 g/mol. The van der Waals surface area contributed by atoms with E-state index in [4.69, 9.17) is 9.47 Å². The molecule has 0 aliphatic heterocycles. The van der Waals surface area contributed by atoms with Crippen LogP contribution in [0, 0.1) is 0 Å². The van der Waals surface area contributed by atoms with Crippen molar-refractivity contribution in [3.8, 4) is 5.75 Å². The maximum absolute atomic E-state index is 9.85. The van der Waals surface area contributed by atoms with E-state index in [0.29, 0.717) is 19.3 Å². The van der Waals surface area contributed by atoms with Crippen molar-refractivity contribution in [2.75, 3.05) is 26.3 Å². The number of aliphatic hydroxyl groups is 1. The van der Waals surface area contributed by atoms with Gasteiger partial charge in [-0.15, -0.1) is 0 Å². The van der Waals surface area contributed by atoms with Crippen LogP contribution in [0.5, 0.6) is 5.75 Å². The Hall–Kier alpha value is -0.620. The van der Waals surface area contributed by atoms with Crippen molar-refractivity contribution in [1.82, 2.24) is 5.32 Å². The highest BCUT2D eigenvalue weighted by Gasteiger charge is 2.14. The van der Waals surface area contributed by atoms with Gasteiger partial charge in [0.25, 0.3) is 0 Å². The first-order valence-electron chi connectivity index (χ1n) is 7.63. The second-order valence-corrected chi connectivity index (χ2v) is 6.32. The second-order valence-electron chi connectivity index (χ2n) is 5.40. The van der Waals surface area contributed by atoms with Crippen molar-refractivity contribution in [1.29, 1.82) is 0 Å². The Morgan fingerprint density at radius 1 is 1.33 bits per heavy atom. The van der Waals surface area contributed by atoms with Gasteiger partial charge in [0.15, 0.2) is 0 Å². The smallest absolute Gasteiger partial charge is 0.120 e. The lowest BCUT2D eigenvalue weighted by atomic mass is 10.3. The molecule has 4 nitrogen and oxygen atoms in total. The zero-order chi connectivity index (χ0) is 14.9. The molecule has 1 fully saturated rings. The van der Waals surface area contributed by atoms with Crippen LogP contribution in [0.4, 0.5) is 0 Å². The molecule has 21 heavy (non-hydrogen) atoms. The van der Waals surface area contributed by atoms with Gasteiger partial charge < -0.3 is 19.9 Å². The van der Waals surface area contributed by atoms with E-state index in [2.05, 4.69) is 21.2 Å². The zero-order valence-electron chi connectivity index (χ0n) is 12.3. The third kappa shape index (κ3) is 6.78. The van der Waals surface area contributed by atoms with E-state index in [0.717, 1.165) is 16.8 Å². The summed E-state index contributed by atoms with van der Waals surface area (Å²) < 4.78 is 12.3. The fraction of sp³-hybridized carbons (Fsp3) is 0.625. The summed E-state index contributed by atoms with van der Waals surface area (Å²) in [4.78, 5) is 0. The fourth-order valence-corrected chi connectivity index (χ4v) is 2.81. The van der Waals surface area contributed by atoms with E-state index in [1.165, 1.54) is 25.7 Å². The first-order chi connectivity index (χ1) is 10.2. The van der Waals surface area contributed by atoms with Crippen LogP contribution in [0.2, 0.25) is 0 Å². The largest absolute Gasteiger partial charge is 0.491 e. The van der Waals surface area contributed by atoms with Gasteiger partial charge in [-0.25, -0.2) is 0 Å². The first-order valence-corrected chi connectivity index (χ1v) is 8.42. The lowest BCUT2D eigenvalue weighted by molar-refractivity contribution is 0.0563. The molecule has 0 heterocycles. The van der Waals surface area contributed by atoms with Crippen molar-refractivity contribution in [2.24, 2.45) is 0 Å². The van der Waals surface area contributed by atoms with Gasteiger partial charge in [-0.3, -0.25) is 0 Å². The van der Waals surface area contributed by atoms with Crippen LogP contribution in [0.25, 0.3) is 0 Å². The molecule has 0 amide bonds. The number of rotatable bonds is 9. The van der Waals surface area contributed by atoms with Gasteiger partial charge in [-0.2, -0.15) is 0 Å². The summed E-state index contributed by atoms with van der Waals surface area (Å²) in [5, 5.41) is 13.0. The molecule has 0 radical (unpaired) electrons. The number of nitrogens with one attached hydrogen (secondary N) is 1. The molecule has 0 saturated heterocycles. The molecular formula is C16H24BrNO3. The SMILES string of the molecule is OC(CNCCOC1CCCC1)COc1cccc(Br)c1. The second kappa shape index (κ2) is 9.41. The summed E-state index contributed by atoms with van der Waals surface area (Å²) in [5.41, 5.74) is 0. The topological polar surface area (TPSA) is 50.7 Å². The summed E-state index contributed by atoms with van der Waals surface area (Å²) in [6.45, 7) is 2.28. The number of hydrogen-bond acceptors (Lipinski definition) is 4. The number of halogens is 1. The predicted molar refractivity (Wildman–Crippen MR) is 86.7 cm³/mol. The van der Waals surface area contributed by atoms with Crippen LogP contribution in [-0.2, 0) is 4.74 Å². The van der Waals surface area contributed by atoms with Gasteiger partial charge in [-0.1, -0.05) is 34.8 Å². The average Bonchev–Trinajstić information content (AvgIpc) is 2.98. The third-order valence-corrected chi connectivity index (χ3v) is 4.05. The lowest BCUT2D eigenvalue weighted by Gasteiger charge is -2.15. The molecule has 1 aromatic rings. The highest BCUT2D eigenvalue weighted by atomic mass is 79.9. The van der Waals surface area contributed by atoms with Gasteiger partial charge >= 0.3 is 0 Å². The standard InChI is InChI=1S/C16H24BrNO3/c17-13-4-3-7-16(10-13)21-12-14(19)11-18-8-9-20-15-5-1-2-6-15/h3-4,7,10,14-15,18-19H,1-2,5-6,8-9,11-12H2. The molecule has 1 unspecified atom stereocenters. The fourth-order valence-electron chi connectivity index (χ4n) is 2.43. The molecule has 0 aromatic heterocycles. The molecule has 0 bridgehead atoms. The minimum absolute atomic E-state index is 0.285. The normalized spacial score (nSPS) is 17.0.